The SMILES string of the molecule is CN(C)Cc1cncc(NC(=O)C2=NCNc3ccc(-c4cncc(CN5CCC5)c4)cc32)c1. The number of aromatic nitrogens is 2. The predicted molar refractivity (Wildman–Crippen MR) is 135 cm³/mol. The lowest BCUT2D eigenvalue weighted by atomic mass is 9.98. The summed E-state index contributed by atoms with van der Waals surface area (Å²) >= 11 is 0. The van der Waals surface area contributed by atoms with Crippen LogP contribution < -0.4 is 10.6 Å². The lowest BCUT2D eigenvalue weighted by Gasteiger charge is -2.30. The van der Waals surface area contributed by atoms with Gasteiger partial charge in [-0.1, -0.05) is 6.07 Å². The van der Waals surface area contributed by atoms with Gasteiger partial charge in [0.15, 0.2) is 0 Å². The maximum absolute atomic E-state index is 13.2. The number of benzene rings is 1. The molecule has 3 aromatic rings. The van der Waals surface area contributed by atoms with Crippen LogP contribution in [0.15, 0.2) is 60.1 Å². The third-order valence-corrected chi connectivity index (χ3v) is 6.03. The van der Waals surface area contributed by atoms with Crippen LogP contribution in [0.2, 0.25) is 0 Å². The number of amides is 1. The Morgan fingerprint density at radius 1 is 1.03 bits per heavy atom. The second-order valence-corrected chi connectivity index (χ2v) is 9.09. The molecule has 0 atom stereocenters. The van der Waals surface area contributed by atoms with Gasteiger partial charge in [0.25, 0.3) is 5.91 Å². The maximum Gasteiger partial charge on any atom is 0.274 e. The van der Waals surface area contributed by atoms with Crippen LogP contribution in [-0.2, 0) is 17.9 Å². The molecule has 5 rings (SSSR count). The summed E-state index contributed by atoms with van der Waals surface area (Å²) in [7, 11) is 4.00. The van der Waals surface area contributed by atoms with E-state index in [9.17, 15) is 4.79 Å². The van der Waals surface area contributed by atoms with E-state index in [1.165, 1.54) is 12.0 Å². The number of nitrogens with one attached hydrogen (secondary N) is 2. The largest absolute Gasteiger partial charge is 0.366 e. The molecule has 0 unspecified atom stereocenters. The van der Waals surface area contributed by atoms with Crippen LogP contribution in [0.1, 0.15) is 23.1 Å². The summed E-state index contributed by atoms with van der Waals surface area (Å²) < 4.78 is 0. The van der Waals surface area contributed by atoms with Crippen LogP contribution >= 0.6 is 0 Å². The summed E-state index contributed by atoms with van der Waals surface area (Å²) in [4.78, 5) is 30.9. The molecule has 0 saturated carbocycles. The molecule has 1 saturated heterocycles. The summed E-state index contributed by atoms with van der Waals surface area (Å²) in [5.74, 6) is -0.242. The molecule has 2 aliphatic rings. The zero-order valence-electron chi connectivity index (χ0n) is 19.6. The summed E-state index contributed by atoms with van der Waals surface area (Å²) in [6.07, 6.45) is 8.54. The molecule has 0 aliphatic carbocycles. The van der Waals surface area contributed by atoms with E-state index in [2.05, 4.69) is 47.5 Å². The Bertz CT molecular complexity index is 1230. The van der Waals surface area contributed by atoms with Crippen LogP contribution in [0, 0.1) is 0 Å². The van der Waals surface area contributed by atoms with Gasteiger partial charge >= 0.3 is 0 Å². The molecule has 8 nitrogen and oxygen atoms in total. The van der Waals surface area contributed by atoms with Gasteiger partial charge in [-0.3, -0.25) is 24.7 Å². The van der Waals surface area contributed by atoms with Crippen molar-refractivity contribution in [2.75, 3.05) is 44.5 Å². The van der Waals surface area contributed by atoms with Gasteiger partial charge in [-0.15, -0.1) is 0 Å². The van der Waals surface area contributed by atoms with E-state index in [0.29, 0.717) is 18.1 Å². The lowest BCUT2D eigenvalue weighted by Crippen LogP contribution is -2.36. The van der Waals surface area contributed by atoms with Crippen molar-refractivity contribution in [1.82, 2.24) is 19.8 Å². The number of aliphatic imine (C=N–C) groups is 1. The van der Waals surface area contributed by atoms with Crippen LogP contribution in [0.25, 0.3) is 11.1 Å². The van der Waals surface area contributed by atoms with Gasteiger partial charge in [-0.2, -0.15) is 0 Å². The van der Waals surface area contributed by atoms with Gasteiger partial charge < -0.3 is 15.5 Å². The highest BCUT2D eigenvalue weighted by molar-refractivity contribution is 6.50. The van der Waals surface area contributed by atoms with Crippen LogP contribution in [-0.4, -0.2) is 65.2 Å². The van der Waals surface area contributed by atoms with E-state index in [-0.39, 0.29) is 5.91 Å². The topological polar surface area (TPSA) is 85.8 Å². The number of anilines is 2. The fourth-order valence-corrected chi connectivity index (χ4v) is 4.28. The van der Waals surface area contributed by atoms with Crippen LogP contribution in [0.4, 0.5) is 11.4 Å². The molecule has 2 N–H and O–H groups in total. The third kappa shape index (κ3) is 4.98. The Hall–Kier alpha value is -3.62. The van der Waals surface area contributed by atoms with E-state index in [0.717, 1.165) is 54.1 Å². The van der Waals surface area contributed by atoms with Gasteiger partial charge in [-0.25, -0.2) is 0 Å². The second kappa shape index (κ2) is 9.70. The molecule has 4 heterocycles. The minimum Gasteiger partial charge on any atom is -0.366 e. The Balaban J connectivity index is 1.38. The Kier molecular flexibility index (Phi) is 6.33. The molecule has 2 aliphatic heterocycles. The van der Waals surface area contributed by atoms with Crippen molar-refractivity contribution in [3.63, 3.8) is 0 Å². The number of fused-ring (bicyclic) bond motifs is 1. The fraction of sp³-hybridized carbons (Fsp3) is 0.308. The van der Waals surface area contributed by atoms with E-state index < -0.39 is 0 Å². The minimum absolute atomic E-state index is 0.242. The van der Waals surface area contributed by atoms with Crippen LogP contribution in [0.3, 0.4) is 0 Å². The first kappa shape index (κ1) is 22.2. The van der Waals surface area contributed by atoms with Gasteiger partial charge in [0.2, 0.25) is 0 Å². The third-order valence-electron chi connectivity index (χ3n) is 6.03. The van der Waals surface area contributed by atoms with Gasteiger partial charge in [-0.05, 0) is 74.6 Å². The van der Waals surface area contributed by atoms with E-state index in [1.54, 1.807) is 6.20 Å². The van der Waals surface area contributed by atoms with Crippen molar-refractivity contribution in [2.45, 2.75) is 19.5 Å². The summed E-state index contributed by atoms with van der Waals surface area (Å²) in [5.41, 5.74) is 7.03. The highest BCUT2D eigenvalue weighted by Gasteiger charge is 2.22. The maximum atomic E-state index is 13.2. The number of rotatable bonds is 7. The number of carbonyl (C=O) groups excluding carboxylic acids is 1. The first-order valence-electron chi connectivity index (χ1n) is 11.5. The zero-order chi connectivity index (χ0) is 23.5. The normalized spacial score (nSPS) is 15.2. The average Bonchev–Trinajstić information content (AvgIpc) is 2.80. The minimum atomic E-state index is -0.242. The lowest BCUT2D eigenvalue weighted by molar-refractivity contribution is -0.110. The molecule has 0 spiro atoms. The van der Waals surface area contributed by atoms with Crippen molar-refractivity contribution in [2.24, 2.45) is 4.99 Å². The molecule has 34 heavy (non-hydrogen) atoms. The van der Waals surface area contributed by atoms with Gasteiger partial charge in [0, 0.05) is 48.5 Å². The van der Waals surface area contributed by atoms with Gasteiger partial charge in [0.1, 0.15) is 12.4 Å². The molecule has 174 valence electrons. The average molecular weight is 456 g/mol. The Labute approximate surface area is 199 Å². The molecule has 8 heteroatoms. The smallest absolute Gasteiger partial charge is 0.274 e. The second-order valence-electron chi connectivity index (χ2n) is 9.09. The van der Waals surface area contributed by atoms with Crippen molar-refractivity contribution in [1.29, 1.82) is 0 Å². The molecule has 0 radical (unpaired) electrons. The number of hydrogen-bond donors (Lipinski definition) is 2. The number of nitrogens with zero attached hydrogens (tertiary/aromatic N) is 5. The Morgan fingerprint density at radius 2 is 1.85 bits per heavy atom. The van der Waals surface area contributed by atoms with Crippen molar-refractivity contribution >= 4 is 23.0 Å². The quantitative estimate of drug-likeness (QED) is 0.569. The van der Waals surface area contributed by atoms with Crippen molar-refractivity contribution < 1.29 is 4.79 Å². The van der Waals surface area contributed by atoms with Crippen molar-refractivity contribution in [3.05, 3.63) is 71.8 Å². The molecule has 1 amide bonds. The summed E-state index contributed by atoms with van der Waals surface area (Å²) in [6, 6.07) is 10.2. The molecular formula is C26H29N7O. The van der Waals surface area contributed by atoms with Crippen molar-refractivity contribution in [3.8, 4) is 11.1 Å². The molecule has 2 aromatic heterocycles. The zero-order valence-corrected chi connectivity index (χ0v) is 19.6. The Morgan fingerprint density at radius 3 is 2.65 bits per heavy atom. The molecule has 1 aromatic carbocycles. The predicted octanol–water partition coefficient (Wildman–Crippen LogP) is 3.22. The first-order valence-corrected chi connectivity index (χ1v) is 11.5. The molecule has 0 bridgehead atoms. The number of likely N-dealkylation sites (tertiary alicyclic amines) is 1. The van der Waals surface area contributed by atoms with Crippen LogP contribution in [0.5, 0.6) is 0 Å². The monoisotopic (exact) mass is 455 g/mol. The van der Waals surface area contributed by atoms with Gasteiger partial charge in [0.05, 0.1) is 11.9 Å². The van der Waals surface area contributed by atoms with E-state index >= 15 is 0 Å². The van der Waals surface area contributed by atoms with E-state index in [1.807, 2.05) is 50.9 Å². The number of carbonyl (C=O) groups is 1. The highest BCUT2D eigenvalue weighted by atomic mass is 16.1. The standard InChI is InChI=1S/C26H29N7O/c1-32(2)15-19-9-22(14-28-12-19)31-26(34)25-23-10-20(4-5-24(23)29-17-30-25)21-8-18(11-27-13-21)16-33-6-3-7-33/h4-5,8-14,29H,3,6-7,15-17H2,1-2H3,(H,31,34). The first-order chi connectivity index (χ1) is 16.5. The molecular weight excluding hydrogens is 426 g/mol. The molecule has 1 fully saturated rings. The number of hydrogen-bond acceptors (Lipinski definition) is 7. The summed E-state index contributed by atoms with van der Waals surface area (Å²) in [6.45, 7) is 4.33. The number of pyridine rings is 2. The highest BCUT2D eigenvalue weighted by Crippen LogP contribution is 2.28. The summed E-state index contributed by atoms with van der Waals surface area (Å²) in [5, 5.41) is 6.24. The fourth-order valence-electron chi connectivity index (χ4n) is 4.28. The van der Waals surface area contributed by atoms with E-state index in [4.69, 9.17) is 0 Å².